The molecule has 0 aliphatic rings. The molecule has 2 N–H and O–H groups in total. The molecule has 0 saturated heterocycles. The van der Waals surface area contributed by atoms with Gasteiger partial charge in [-0.3, -0.25) is 0 Å². The Kier molecular flexibility index (Phi) is 5.32. The highest BCUT2D eigenvalue weighted by molar-refractivity contribution is 7.98. The molecule has 0 aliphatic heterocycles. The van der Waals surface area contributed by atoms with Gasteiger partial charge in [0.2, 0.25) is 0 Å². The molecule has 0 heterocycles. The van der Waals surface area contributed by atoms with Gasteiger partial charge in [-0.25, -0.2) is 0 Å². The van der Waals surface area contributed by atoms with Crippen LogP contribution < -0.4 is 5.32 Å². The Balaban J connectivity index is 3.01. The molecule has 1 atom stereocenters. The van der Waals surface area contributed by atoms with Gasteiger partial charge in [-0.15, -0.1) is 0 Å². The lowest BCUT2D eigenvalue weighted by Crippen LogP contribution is -2.50. The van der Waals surface area contributed by atoms with Crippen molar-refractivity contribution in [2.45, 2.75) is 25.4 Å². The fourth-order valence-corrected chi connectivity index (χ4v) is 2.78. The molecule has 0 fully saturated rings. The first-order chi connectivity index (χ1) is 7.64. The smallest absolute Gasteiger partial charge is 0.0762 e. The minimum Gasteiger partial charge on any atom is -0.394 e. The molecule has 90 valence electrons. The standard InChI is InChI=1S/C13H21NOS/c1-11(2)14-13(9-15,10-16-3)12-7-5-4-6-8-12/h4-8,11,14-15H,9-10H2,1-3H3. The molecule has 0 aliphatic carbocycles. The second kappa shape index (κ2) is 6.28. The molecule has 0 saturated carbocycles. The normalized spacial score (nSPS) is 15.1. The highest BCUT2D eigenvalue weighted by Crippen LogP contribution is 2.25. The predicted molar refractivity (Wildman–Crippen MR) is 71.9 cm³/mol. The first-order valence-electron chi connectivity index (χ1n) is 5.57. The van der Waals surface area contributed by atoms with E-state index in [9.17, 15) is 5.11 Å². The number of hydrogen-bond acceptors (Lipinski definition) is 3. The predicted octanol–water partition coefficient (Wildman–Crippen LogP) is 2.24. The van der Waals surface area contributed by atoms with Crippen LogP contribution in [0.4, 0.5) is 0 Å². The maximum absolute atomic E-state index is 9.73. The molecule has 0 spiro atoms. The lowest BCUT2D eigenvalue weighted by atomic mass is 9.92. The summed E-state index contributed by atoms with van der Waals surface area (Å²) in [5.41, 5.74) is 0.829. The zero-order chi connectivity index (χ0) is 12.0. The van der Waals surface area contributed by atoms with Gasteiger partial charge in [0.1, 0.15) is 0 Å². The number of hydrogen-bond donors (Lipinski definition) is 2. The highest BCUT2D eigenvalue weighted by atomic mass is 32.2. The van der Waals surface area contributed by atoms with Crippen molar-refractivity contribution in [1.82, 2.24) is 5.32 Å². The SMILES string of the molecule is CSCC(CO)(NC(C)C)c1ccccc1. The minimum atomic E-state index is -0.325. The monoisotopic (exact) mass is 239 g/mol. The van der Waals surface area contributed by atoms with Crippen LogP contribution in [0.1, 0.15) is 19.4 Å². The third-order valence-electron chi connectivity index (χ3n) is 2.55. The maximum atomic E-state index is 9.73. The van der Waals surface area contributed by atoms with Gasteiger partial charge in [-0.05, 0) is 25.7 Å². The van der Waals surface area contributed by atoms with E-state index in [1.54, 1.807) is 11.8 Å². The summed E-state index contributed by atoms with van der Waals surface area (Å²) in [6.45, 7) is 4.33. The Morgan fingerprint density at radius 2 is 1.94 bits per heavy atom. The van der Waals surface area contributed by atoms with Gasteiger partial charge in [0, 0.05) is 11.8 Å². The Labute approximate surface area is 102 Å². The zero-order valence-electron chi connectivity index (χ0n) is 10.2. The quantitative estimate of drug-likeness (QED) is 0.798. The molecular weight excluding hydrogens is 218 g/mol. The van der Waals surface area contributed by atoms with E-state index in [1.165, 1.54) is 0 Å². The number of aliphatic hydroxyl groups is 1. The van der Waals surface area contributed by atoms with Crippen molar-refractivity contribution >= 4 is 11.8 Å². The van der Waals surface area contributed by atoms with Gasteiger partial charge in [-0.2, -0.15) is 11.8 Å². The lowest BCUT2D eigenvalue weighted by Gasteiger charge is -2.35. The molecule has 0 amide bonds. The van der Waals surface area contributed by atoms with Gasteiger partial charge in [-0.1, -0.05) is 30.3 Å². The van der Waals surface area contributed by atoms with Crippen molar-refractivity contribution in [2.24, 2.45) is 0 Å². The third kappa shape index (κ3) is 3.24. The first-order valence-corrected chi connectivity index (χ1v) is 6.97. The van der Waals surface area contributed by atoms with E-state index < -0.39 is 0 Å². The number of aliphatic hydroxyl groups excluding tert-OH is 1. The molecule has 2 nitrogen and oxygen atoms in total. The molecular formula is C13H21NOS. The van der Waals surface area contributed by atoms with E-state index in [4.69, 9.17) is 0 Å². The Morgan fingerprint density at radius 3 is 2.38 bits per heavy atom. The van der Waals surface area contributed by atoms with Crippen LogP contribution in [-0.4, -0.2) is 29.8 Å². The maximum Gasteiger partial charge on any atom is 0.0762 e. The number of benzene rings is 1. The summed E-state index contributed by atoms with van der Waals surface area (Å²) in [7, 11) is 0. The molecule has 1 rings (SSSR count). The summed E-state index contributed by atoms with van der Waals surface area (Å²) in [5.74, 6) is 0.867. The molecule has 0 aromatic heterocycles. The Morgan fingerprint density at radius 1 is 1.31 bits per heavy atom. The average molecular weight is 239 g/mol. The van der Waals surface area contributed by atoms with Gasteiger partial charge in [0.05, 0.1) is 12.1 Å². The fraction of sp³-hybridized carbons (Fsp3) is 0.538. The van der Waals surface area contributed by atoms with E-state index in [2.05, 4.69) is 37.6 Å². The van der Waals surface area contributed by atoms with Crippen molar-refractivity contribution in [3.63, 3.8) is 0 Å². The topological polar surface area (TPSA) is 32.3 Å². The van der Waals surface area contributed by atoms with Crippen molar-refractivity contribution in [2.75, 3.05) is 18.6 Å². The molecule has 1 aromatic rings. The Hall–Kier alpha value is -0.510. The largest absolute Gasteiger partial charge is 0.394 e. The van der Waals surface area contributed by atoms with Crippen molar-refractivity contribution in [1.29, 1.82) is 0 Å². The highest BCUT2D eigenvalue weighted by Gasteiger charge is 2.31. The van der Waals surface area contributed by atoms with E-state index in [0.717, 1.165) is 11.3 Å². The van der Waals surface area contributed by atoms with Crippen molar-refractivity contribution in [3.05, 3.63) is 35.9 Å². The molecule has 1 unspecified atom stereocenters. The van der Waals surface area contributed by atoms with Gasteiger partial charge in [0.15, 0.2) is 0 Å². The van der Waals surface area contributed by atoms with E-state index >= 15 is 0 Å². The van der Waals surface area contributed by atoms with Crippen LogP contribution in [-0.2, 0) is 5.54 Å². The van der Waals surface area contributed by atoms with Crippen LogP contribution in [0.5, 0.6) is 0 Å². The Bertz CT molecular complexity index is 302. The summed E-state index contributed by atoms with van der Waals surface area (Å²) in [5, 5.41) is 13.2. The van der Waals surface area contributed by atoms with E-state index in [0.29, 0.717) is 6.04 Å². The van der Waals surface area contributed by atoms with Crippen molar-refractivity contribution in [3.8, 4) is 0 Å². The van der Waals surface area contributed by atoms with E-state index in [1.807, 2.05) is 18.2 Å². The second-order valence-electron chi connectivity index (χ2n) is 4.34. The first kappa shape index (κ1) is 13.6. The molecule has 3 heteroatoms. The number of rotatable bonds is 6. The van der Waals surface area contributed by atoms with Crippen LogP contribution in [0, 0.1) is 0 Å². The molecule has 1 aromatic carbocycles. The summed E-state index contributed by atoms with van der Waals surface area (Å²) >= 11 is 1.75. The van der Waals surface area contributed by atoms with Crippen LogP contribution in [0.3, 0.4) is 0 Å². The van der Waals surface area contributed by atoms with Crippen molar-refractivity contribution < 1.29 is 5.11 Å². The molecule has 16 heavy (non-hydrogen) atoms. The molecule has 0 radical (unpaired) electrons. The fourth-order valence-electron chi connectivity index (χ4n) is 1.95. The minimum absolute atomic E-state index is 0.121. The van der Waals surface area contributed by atoms with Crippen LogP contribution in [0.25, 0.3) is 0 Å². The zero-order valence-corrected chi connectivity index (χ0v) is 11.1. The summed E-state index contributed by atoms with van der Waals surface area (Å²) < 4.78 is 0. The third-order valence-corrected chi connectivity index (χ3v) is 3.33. The van der Waals surface area contributed by atoms with Crippen LogP contribution in [0.2, 0.25) is 0 Å². The molecule has 0 bridgehead atoms. The second-order valence-corrected chi connectivity index (χ2v) is 5.20. The summed E-state index contributed by atoms with van der Waals surface area (Å²) in [6, 6.07) is 10.5. The van der Waals surface area contributed by atoms with E-state index in [-0.39, 0.29) is 12.1 Å². The van der Waals surface area contributed by atoms with Crippen LogP contribution in [0.15, 0.2) is 30.3 Å². The number of thioether (sulfide) groups is 1. The average Bonchev–Trinajstić information content (AvgIpc) is 2.29. The van der Waals surface area contributed by atoms with Gasteiger partial charge in [0.25, 0.3) is 0 Å². The van der Waals surface area contributed by atoms with Crippen LogP contribution >= 0.6 is 11.8 Å². The summed E-state index contributed by atoms with van der Waals surface area (Å²) in [6.07, 6.45) is 2.06. The van der Waals surface area contributed by atoms with Gasteiger partial charge >= 0.3 is 0 Å². The number of nitrogens with one attached hydrogen (secondary N) is 1. The van der Waals surface area contributed by atoms with Gasteiger partial charge < -0.3 is 10.4 Å². The lowest BCUT2D eigenvalue weighted by molar-refractivity contribution is 0.170. The summed E-state index contributed by atoms with van der Waals surface area (Å²) in [4.78, 5) is 0.